The van der Waals surface area contributed by atoms with Crippen LogP contribution in [-0.2, 0) is 9.53 Å². The van der Waals surface area contributed by atoms with Gasteiger partial charge in [-0.15, -0.1) is 0 Å². The Morgan fingerprint density at radius 2 is 1.82 bits per heavy atom. The zero-order valence-corrected chi connectivity index (χ0v) is 24.3. The first-order valence-electron chi connectivity index (χ1n) is 12.3. The lowest BCUT2D eigenvalue weighted by molar-refractivity contribution is -0.138. The topological polar surface area (TPSA) is 99.4 Å². The normalized spacial score (nSPS) is 14.9. The maximum atomic E-state index is 14.0. The molecule has 1 N–H and O–H groups in total. The van der Waals surface area contributed by atoms with Crippen molar-refractivity contribution in [3.8, 4) is 17.2 Å². The van der Waals surface area contributed by atoms with Crippen molar-refractivity contribution in [2.45, 2.75) is 13.0 Å². The lowest BCUT2D eigenvalue weighted by Gasteiger charge is -2.26. The number of nitrogens with zero attached hydrogens (tertiary/aromatic N) is 2. The third-order valence-electron chi connectivity index (χ3n) is 6.37. The molecule has 10 heteroatoms. The Bertz CT molecular complexity index is 1810. The summed E-state index contributed by atoms with van der Waals surface area (Å²) >= 11 is 4.59. The largest absolute Gasteiger partial charge is 0.507 e. The number of aromatic hydroxyl groups is 1. The zero-order chi connectivity index (χ0) is 28.4. The Kier molecular flexibility index (Phi) is 7.90. The molecule has 0 saturated carbocycles. The van der Waals surface area contributed by atoms with Crippen molar-refractivity contribution in [2.75, 3.05) is 20.8 Å². The van der Waals surface area contributed by atoms with E-state index in [-0.39, 0.29) is 23.5 Å². The van der Waals surface area contributed by atoms with E-state index in [0.717, 1.165) is 4.47 Å². The van der Waals surface area contributed by atoms with Gasteiger partial charge in [-0.3, -0.25) is 9.36 Å². The standard InChI is InChI=1S/C30H25BrN2O6S/c1-4-39-29(36)25-26(17-8-6-5-7-9-17)32-30-33(27(25)18-10-13-22(37-2)23(15-18)38-3)28(35)24(40-30)16-19-14-20(31)11-12-21(19)34/h5-16,27,34H,4H2,1-3H3/b24-16-/t27-/m1/s1. The average Bonchev–Trinajstić information content (AvgIpc) is 3.28. The summed E-state index contributed by atoms with van der Waals surface area (Å²) in [6.07, 6.45) is 1.62. The van der Waals surface area contributed by atoms with Crippen LogP contribution in [0.15, 0.2) is 86.6 Å². The fourth-order valence-electron chi connectivity index (χ4n) is 4.56. The number of aromatic nitrogens is 1. The number of benzene rings is 3. The van der Waals surface area contributed by atoms with Crippen LogP contribution in [0.2, 0.25) is 0 Å². The molecule has 0 bridgehead atoms. The number of phenolic OH excluding ortho intramolecular Hbond substituents is 1. The molecule has 1 aliphatic heterocycles. The second-order valence-corrected chi connectivity index (χ2v) is 10.7. The van der Waals surface area contributed by atoms with Gasteiger partial charge < -0.3 is 19.3 Å². The van der Waals surface area contributed by atoms with E-state index in [1.807, 2.05) is 30.3 Å². The first-order chi connectivity index (χ1) is 19.4. The average molecular weight is 622 g/mol. The van der Waals surface area contributed by atoms with E-state index in [2.05, 4.69) is 15.9 Å². The maximum Gasteiger partial charge on any atom is 0.338 e. The highest BCUT2D eigenvalue weighted by atomic mass is 79.9. The minimum absolute atomic E-state index is 0.0302. The van der Waals surface area contributed by atoms with E-state index in [9.17, 15) is 14.7 Å². The minimum atomic E-state index is -0.872. The molecule has 8 nitrogen and oxygen atoms in total. The number of thiazole rings is 1. The van der Waals surface area contributed by atoms with Gasteiger partial charge in [-0.25, -0.2) is 9.79 Å². The van der Waals surface area contributed by atoms with Gasteiger partial charge in [0.2, 0.25) is 0 Å². The lowest BCUT2D eigenvalue weighted by Crippen LogP contribution is -2.40. The second-order valence-electron chi connectivity index (χ2n) is 8.75. The van der Waals surface area contributed by atoms with Crippen LogP contribution < -0.4 is 24.4 Å². The van der Waals surface area contributed by atoms with Crippen LogP contribution >= 0.6 is 27.3 Å². The van der Waals surface area contributed by atoms with Gasteiger partial charge >= 0.3 is 5.97 Å². The van der Waals surface area contributed by atoms with E-state index < -0.39 is 12.0 Å². The molecule has 1 aromatic heterocycles. The number of ether oxygens (including phenoxy) is 3. The maximum absolute atomic E-state index is 14.0. The first-order valence-corrected chi connectivity index (χ1v) is 14.0. The SMILES string of the molecule is CCOC(=O)C1=C(c2ccccc2)N=c2s/c(=C\c3cc(Br)ccc3O)c(=O)n2[C@@H]1c1ccc(OC)c(OC)c1. The Morgan fingerprint density at radius 1 is 1.07 bits per heavy atom. The molecule has 1 aliphatic rings. The third kappa shape index (κ3) is 5.07. The molecule has 3 aromatic carbocycles. The van der Waals surface area contributed by atoms with E-state index in [0.29, 0.717) is 43.2 Å². The number of hydrogen-bond donors (Lipinski definition) is 1. The van der Waals surface area contributed by atoms with Crippen molar-refractivity contribution in [2.24, 2.45) is 4.99 Å². The Morgan fingerprint density at radius 3 is 2.52 bits per heavy atom. The first kappa shape index (κ1) is 27.4. The quantitative estimate of drug-likeness (QED) is 0.307. The van der Waals surface area contributed by atoms with Gasteiger partial charge in [-0.2, -0.15) is 0 Å². The van der Waals surface area contributed by atoms with Crippen molar-refractivity contribution < 1.29 is 24.1 Å². The third-order valence-corrected chi connectivity index (χ3v) is 7.85. The number of phenols is 1. The highest BCUT2D eigenvalue weighted by molar-refractivity contribution is 9.10. The highest BCUT2D eigenvalue weighted by Crippen LogP contribution is 2.38. The second kappa shape index (κ2) is 11.5. The number of carbonyl (C=O) groups is 1. The summed E-state index contributed by atoms with van der Waals surface area (Å²) < 4.78 is 19.1. The van der Waals surface area contributed by atoms with Gasteiger partial charge in [0, 0.05) is 15.6 Å². The number of rotatable bonds is 7. The summed E-state index contributed by atoms with van der Waals surface area (Å²) in [5.74, 6) is 0.405. The van der Waals surface area contributed by atoms with Crippen LogP contribution in [0.5, 0.6) is 17.2 Å². The molecule has 0 unspecified atom stereocenters. The van der Waals surface area contributed by atoms with Crippen molar-refractivity contribution >= 4 is 45.0 Å². The van der Waals surface area contributed by atoms with Crippen LogP contribution in [-0.4, -0.2) is 36.5 Å². The van der Waals surface area contributed by atoms with Gasteiger partial charge in [0.15, 0.2) is 16.3 Å². The zero-order valence-electron chi connectivity index (χ0n) is 21.9. The molecule has 1 atom stereocenters. The van der Waals surface area contributed by atoms with Gasteiger partial charge in [0.05, 0.1) is 42.7 Å². The molecule has 0 amide bonds. The number of fused-ring (bicyclic) bond motifs is 1. The molecule has 2 heterocycles. The monoisotopic (exact) mass is 620 g/mol. The smallest absolute Gasteiger partial charge is 0.338 e. The summed E-state index contributed by atoms with van der Waals surface area (Å²) in [7, 11) is 3.06. The molecule has 4 aromatic rings. The molecular weight excluding hydrogens is 596 g/mol. The van der Waals surface area contributed by atoms with E-state index >= 15 is 0 Å². The Balaban J connectivity index is 1.86. The predicted octanol–water partition coefficient (Wildman–Crippen LogP) is 4.42. The number of halogens is 1. The van der Waals surface area contributed by atoms with Crippen LogP contribution in [0.1, 0.15) is 29.7 Å². The van der Waals surface area contributed by atoms with Crippen LogP contribution in [0, 0.1) is 0 Å². The summed E-state index contributed by atoms with van der Waals surface area (Å²) in [4.78, 5) is 32.8. The molecule has 5 rings (SSSR count). The summed E-state index contributed by atoms with van der Waals surface area (Å²) in [6.45, 7) is 1.88. The van der Waals surface area contributed by atoms with E-state index in [1.165, 1.54) is 30.1 Å². The minimum Gasteiger partial charge on any atom is -0.507 e. The molecule has 0 saturated heterocycles. The molecule has 40 heavy (non-hydrogen) atoms. The summed E-state index contributed by atoms with van der Waals surface area (Å²) in [5.41, 5.74) is 2.06. The number of esters is 1. The Hall–Kier alpha value is -4.15. The van der Waals surface area contributed by atoms with Crippen LogP contribution in [0.4, 0.5) is 0 Å². The lowest BCUT2D eigenvalue weighted by atomic mass is 9.93. The summed E-state index contributed by atoms with van der Waals surface area (Å²) in [6, 6.07) is 18.7. The van der Waals surface area contributed by atoms with Crippen molar-refractivity contribution in [1.82, 2.24) is 4.57 Å². The number of methoxy groups -OCH3 is 2. The molecule has 0 aliphatic carbocycles. The van der Waals surface area contributed by atoms with Gasteiger partial charge in [0.25, 0.3) is 5.56 Å². The van der Waals surface area contributed by atoms with Gasteiger partial charge in [-0.05, 0) is 48.9 Å². The molecule has 0 radical (unpaired) electrons. The van der Waals surface area contributed by atoms with Crippen molar-refractivity contribution in [1.29, 1.82) is 0 Å². The fraction of sp³-hybridized carbons (Fsp3) is 0.167. The summed E-state index contributed by atoms with van der Waals surface area (Å²) in [5, 5.41) is 10.4. The predicted molar refractivity (Wildman–Crippen MR) is 156 cm³/mol. The highest BCUT2D eigenvalue weighted by Gasteiger charge is 2.35. The molecule has 0 spiro atoms. The van der Waals surface area contributed by atoms with Crippen molar-refractivity contribution in [3.63, 3.8) is 0 Å². The van der Waals surface area contributed by atoms with E-state index in [4.69, 9.17) is 19.2 Å². The number of carbonyl (C=O) groups excluding carboxylic acids is 1. The number of hydrogen-bond acceptors (Lipinski definition) is 8. The van der Waals surface area contributed by atoms with Crippen LogP contribution in [0.25, 0.3) is 11.8 Å². The Labute approximate surface area is 242 Å². The molecule has 204 valence electrons. The van der Waals surface area contributed by atoms with Gasteiger partial charge in [0.1, 0.15) is 5.75 Å². The van der Waals surface area contributed by atoms with Crippen molar-refractivity contribution in [3.05, 3.63) is 113 Å². The molecular formula is C30H25BrN2O6S. The van der Waals surface area contributed by atoms with Crippen LogP contribution in [0.3, 0.4) is 0 Å². The van der Waals surface area contributed by atoms with E-state index in [1.54, 1.807) is 49.4 Å². The fourth-order valence-corrected chi connectivity index (χ4v) is 5.93. The van der Waals surface area contributed by atoms with Gasteiger partial charge in [-0.1, -0.05) is 63.7 Å². The molecule has 0 fully saturated rings.